The van der Waals surface area contributed by atoms with Crippen LogP contribution < -0.4 is 5.43 Å². The summed E-state index contributed by atoms with van der Waals surface area (Å²) in [5, 5.41) is 4.50. The van der Waals surface area contributed by atoms with E-state index in [1.165, 1.54) is 18.4 Å². The smallest absolute Gasteiger partial charge is 0.243 e. The molecule has 0 atom stereocenters. The third-order valence-electron chi connectivity index (χ3n) is 4.36. The molecule has 0 amide bonds. The molecule has 1 aromatic heterocycles. The lowest BCUT2D eigenvalue weighted by Gasteiger charge is -2.08. The molecule has 4 heteroatoms. The van der Waals surface area contributed by atoms with E-state index in [9.17, 15) is 0 Å². The van der Waals surface area contributed by atoms with Crippen LogP contribution in [0, 0.1) is 0 Å². The summed E-state index contributed by atoms with van der Waals surface area (Å²) in [4.78, 5) is 9.18. The van der Waals surface area contributed by atoms with Gasteiger partial charge in [0, 0.05) is 11.4 Å². The van der Waals surface area contributed by atoms with Crippen LogP contribution in [-0.4, -0.2) is 15.7 Å². The Kier molecular flexibility index (Phi) is 8.26. The predicted octanol–water partition coefficient (Wildman–Crippen LogP) is 5.56. The standard InChI is InChI=1S/C22H32N4/c1-5-8-11-18-12-14-19(15-13-18)17(4)25-26-22-23-20(9-6-2)16-21(24-22)10-7-3/h12-16H,5-11H2,1-4H3,(H,23,24,26). The molecule has 1 heterocycles. The third kappa shape index (κ3) is 6.25. The molecule has 0 saturated carbocycles. The summed E-state index contributed by atoms with van der Waals surface area (Å²) < 4.78 is 0. The molecule has 1 N–H and O–H groups in total. The van der Waals surface area contributed by atoms with E-state index < -0.39 is 0 Å². The van der Waals surface area contributed by atoms with Gasteiger partial charge in [-0.25, -0.2) is 15.4 Å². The monoisotopic (exact) mass is 352 g/mol. The van der Waals surface area contributed by atoms with Gasteiger partial charge in [0.2, 0.25) is 5.95 Å². The largest absolute Gasteiger partial charge is 0.245 e. The van der Waals surface area contributed by atoms with Crippen LogP contribution in [0.3, 0.4) is 0 Å². The van der Waals surface area contributed by atoms with Gasteiger partial charge in [0.15, 0.2) is 0 Å². The Balaban J connectivity index is 2.09. The maximum Gasteiger partial charge on any atom is 0.243 e. The van der Waals surface area contributed by atoms with Crippen molar-refractivity contribution in [2.45, 2.75) is 72.6 Å². The molecular weight excluding hydrogens is 320 g/mol. The van der Waals surface area contributed by atoms with E-state index >= 15 is 0 Å². The van der Waals surface area contributed by atoms with Gasteiger partial charge >= 0.3 is 0 Å². The molecule has 2 aromatic rings. The van der Waals surface area contributed by atoms with E-state index in [0.29, 0.717) is 5.95 Å². The minimum absolute atomic E-state index is 0.596. The van der Waals surface area contributed by atoms with Crippen molar-refractivity contribution >= 4 is 11.7 Å². The lowest BCUT2D eigenvalue weighted by Crippen LogP contribution is -2.06. The lowest BCUT2D eigenvalue weighted by atomic mass is 10.0. The molecule has 0 spiro atoms. The van der Waals surface area contributed by atoms with E-state index in [0.717, 1.165) is 54.8 Å². The number of unbranched alkanes of at least 4 members (excludes halogenated alkanes) is 1. The van der Waals surface area contributed by atoms with Gasteiger partial charge in [0.1, 0.15) is 0 Å². The summed E-state index contributed by atoms with van der Waals surface area (Å²) in [5.41, 5.74) is 8.67. The molecule has 1 aromatic carbocycles. The zero-order valence-electron chi connectivity index (χ0n) is 16.7. The van der Waals surface area contributed by atoms with Crippen molar-refractivity contribution in [3.63, 3.8) is 0 Å². The number of nitrogens with zero attached hydrogens (tertiary/aromatic N) is 3. The maximum absolute atomic E-state index is 4.59. The minimum atomic E-state index is 0.596. The normalized spacial score (nSPS) is 11.6. The number of aryl methyl sites for hydroxylation is 3. The second kappa shape index (κ2) is 10.7. The van der Waals surface area contributed by atoms with E-state index in [4.69, 9.17) is 0 Å². The predicted molar refractivity (Wildman–Crippen MR) is 111 cm³/mol. The molecule has 0 bridgehead atoms. The number of benzene rings is 1. The Bertz CT molecular complexity index is 680. The van der Waals surface area contributed by atoms with Gasteiger partial charge in [-0.2, -0.15) is 5.10 Å². The van der Waals surface area contributed by atoms with Gasteiger partial charge in [-0.1, -0.05) is 64.3 Å². The Hall–Kier alpha value is -2.23. The maximum atomic E-state index is 4.59. The van der Waals surface area contributed by atoms with Gasteiger partial charge in [-0.15, -0.1) is 0 Å². The van der Waals surface area contributed by atoms with Crippen LogP contribution in [0.15, 0.2) is 35.4 Å². The zero-order valence-corrected chi connectivity index (χ0v) is 16.7. The fraction of sp³-hybridized carbons (Fsp3) is 0.500. The molecule has 0 aliphatic heterocycles. The van der Waals surface area contributed by atoms with Crippen molar-refractivity contribution in [2.75, 3.05) is 5.43 Å². The van der Waals surface area contributed by atoms with Crippen molar-refractivity contribution in [3.05, 3.63) is 52.8 Å². The highest BCUT2D eigenvalue weighted by atomic mass is 15.4. The van der Waals surface area contributed by atoms with Gasteiger partial charge in [-0.3, -0.25) is 0 Å². The first kappa shape index (κ1) is 20.1. The van der Waals surface area contributed by atoms with E-state index in [-0.39, 0.29) is 0 Å². The van der Waals surface area contributed by atoms with Gasteiger partial charge in [0.25, 0.3) is 0 Å². The average molecular weight is 353 g/mol. The number of anilines is 1. The van der Waals surface area contributed by atoms with E-state index in [1.54, 1.807) is 0 Å². The molecule has 0 aliphatic rings. The van der Waals surface area contributed by atoms with Crippen LogP contribution >= 0.6 is 0 Å². The highest BCUT2D eigenvalue weighted by Crippen LogP contribution is 2.12. The number of nitrogens with one attached hydrogen (secondary N) is 1. The van der Waals surface area contributed by atoms with Crippen molar-refractivity contribution in [1.29, 1.82) is 0 Å². The van der Waals surface area contributed by atoms with Crippen molar-refractivity contribution in [3.8, 4) is 0 Å². The number of hydrogen-bond acceptors (Lipinski definition) is 4. The summed E-state index contributed by atoms with van der Waals surface area (Å²) in [7, 11) is 0. The fourth-order valence-electron chi connectivity index (χ4n) is 2.86. The van der Waals surface area contributed by atoms with Gasteiger partial charge in [0.05, 0.1) is 5.71 Å². The van der Waals surface area contributed by atoms with Crippen LogP contribution in [0.1, 0.15) is 75.9 Å². The van der Waals surface area contributed by atoms with Gasteiger partial charge in [-0.05, 0) is 49.8 Å². The SMILES string of the molecule is CCCCc1ccc(C(C)=NNc2nc(CCC)cc(CCC)n2)cc1. The zero-order chi connectivity index (χ0) is 18.8. The third-order valence-corrected chi connectivity index (χ3v) is 4.36. The van der Waals surface area contributed by atoms with E-state index in [2.05, 4.69) is 71.6 Å². The Labute approximate surface area is 158 Å². The highest BCUT2D eigenvalue weighted by Gasteiger charge is 2.04. The number of aromatic nitrogens is 2. The summed E-state index contributed by atoms with van der Waals surface area (Å²) >= 11 is 0. The highest BCUT2D eigenvalue weighted by molar-refractivity contribution is 5.99. The Morgan fingerprint density at radius 1 is 0.885 bits per heavy atom. The molecule has 2 rings (SSSR count). The molecule has 26 heavy (non-hydrogen) atoms. The Morgan fingerprint density at radius 2 is 1.50 bits per heavy atom. The van der Waals surface area contributed by atoms with Crippen molar-refractivity contribution in [1.82, 2.24) is 9.97 Å². The van der Waals surface area contributed by atoms with Crippen molar-refractivity contribution < 1.29 is 0 Å². The molecule has 4 nitrogen and oxygen atoms in total. The average Bonchev–Trinajstić information content (AvgIpc) is 2.65. The topological polar surface area (TPSA) is 50.2 Å². The van der Waals surface area contributed by atoms with Crippen LogP contribution in [0.5, 0.6) is 0 Å². The second-order valence-electron chi connectivity index (χ2n) is 6.78. The summed E-state index contributed by atoms with van der Waals surface area (Å²) in [6, 6.07) is 10.8. The molecule has 0 unspecified atom stereocenters. The first-order valence-electron chi connectivity index (χ1n) is 9.92. The molecule has 140 valence electrons. The van der Waals surface area contributed by atoms with Crippen LogP contribution in [0.2, 0.25) is 0 Å². The lowest BCUT2D eigenvalue weighted by molar-refractivity contribution is 0.795. The van der Waals surface area contributed by atoms with Crippen LogP contribution in [-0.2, 0) is 19.3 Å². The summed E-state index contributed by atoms with van der Waals surface area (Å²) in [6.45, 7) is 8.57. The second-order valence-corrected chi connectivity index (χ2v) is 6.78. The first-order valence-corrected chi connectivity index (χ1v) is 9.92. The summed E-state index contributed by atoms with van der Waals surface area (Å²) in [5.74, 6) is 0.596. The number of hydrogen-bond donors (Lipinski definition) is 1. The van der Waals surface area contributed by atoms with Crippen LogP contribution in [0.25, 0.3) is 0 Å². The van der Waals surface area contributed by atoms with Gasteiger partial charge < -0.3 is 0 Å². The minimum Gasteiger partial charge on any atom is -0.245 e. The molecule has 0 saturated heterocycles. The fourth-order valence-corrected chi connectivity index (χ4v) is 2.86. The first-order chi connectivity index (χ1) is 12.7. The molecule has 0 fully saturated rings. The Morgan fingerprint density at radius 3 is 2.04 bits per heavy atom. The molecule has 0 radical (unpaired) electrons. The summed E-state index contributed by atoms with van der Waals surface area (Å²) in [6.07, 6.45) is 7.70. The molecular formula is C22H32N4. The molecule has 0 aliphatic carbocycles. The number of rotatable bonds is 10. The van der Waals surface area contributed by atoms with Crippen molar-refractivity contribution in [2.24, 2.45) is 5.10 Å². The van der Waals surface area contributed by atoms with Crippen LogP contribution in [0.4, 0.5) is 5.95 Å². The number of hydrazone groups is 1. The quantitative estimate of drug-likeness (QED) is 0.450. The van der Waals surface area contributed by atoms with E-state index in [1.807, 2.05) is 6.92 Å².